The number of nitrogens with one attached hydrogen (secondary N) is 2. The van der Waals surface area contributed by atoms with Crippen molar-refractivity contribution in [2.24, 2.45) is 0 Å². The number of aliphatic hydroxyl groups is 1. The quantitative estimate of drug-likeness (QED) is 0.653. The van der Waals surface area contributed by atoms with Crippen LogP contribution in [0.15, 0.2) is 60.8 Å². The maximum atomic E-state index is 12.6. The van der Waals surface area contributed by atoms with E-state index < -0.39 is 0 Å². The van der Waals surface area contributed by atoms with Crippen LogP contribution >= 0.6 is 0 Å². The summed E-state index contributed by atoms with van der Waals surface area (Å²) in [6, 6.07) is 17.4. The van der Waals surface area contributed by atoms with Gasteiger partial charge in [-0.15, -0.1) is 0 Å². The summed E-state index contributed by atoms with van der Waals surface area (Å²) in [7, 11) is 0. The van der Waals surface area contributed by atoms with Crippen molar-refractivity contribution in [3.05, 3.63) is 71.9 Å². The van der Waals surface area contributed by atoms with Gasteiger partial charge in [-0.2, -0.15) is 0 Å². The second-order valence-electron chi connectivity index (χ2n) is 5.58. The number of aromatic amines is 1. The first-order valence-electron chi connectivity index (χ1n) is 7.82. The van der Waals surface area contributed by atoms with Crippen LogP contribution in [0, 0.1) is 0 Å². The Morgan fingerprint density at radius 3 is 2.74 bits per heavy atom. The first-order chi connectivity index (χ1) is 11.3. The highest BCUT2D eigenvalue weighted by Crippen LogP contribution is 2.20. The minimum Gasteiger partial charge on any atom is -0.396 e. The van der Waals surface area contributed by atoms with Gasteiger partial charge in [-0.1, -0.05) is 36.4 Å². The smallest absolute Gasteiger partial charge is 0.251 e. The van der Waals surface area contributed by atoms with Gasteiger partial charge in [0, 0.05) is 23.9 Å². The van der Waals surface area contributed by atoms with Crippen molar-refractivity contribution in [2.75, 3.05) is 6.61 Å². The van der Waals surface area contributed by atoms with Gasteiger partial charge in [-0.25, -0.2) is 0 Å². The zero-order valence-electron chi connectivity index (χ0n) is 12.8. The molecule has 0 fully saturated rings. The van der Waals surface area contributed by atoms with E-state index in [2.05, 4.69) is 10.3 Å². The summed E-state index contributed by atoms with van der Waals surface area (Å²) in [6.07, 6.45) is 3.22. The van der Waals surface area contributed by atoms with E-state index in [1.807, 2.05) is 60.8 Å². The molecule has 0 spiro atoms. The molecule has 1 heterocycles. The van der Waals surface area contributed by atoms with Gasteiger partial charge in [-0.3, -0.25) is 4.79 Å². The fourth-order valence-electron chi connectivity index (χ4n) is 2.73. The summed E-state index contributed by atoms with van der Waals surface area (Å²) >= 11 is 0. The van der Waals surface area contributed by atoms with Gasteiger partial charge in [-0.05, 0) is 42.0 Å². The molecule has 1 amide bonds. The summed E-state index contributed by atoms with van der Waals surface area (Å²) in [5.74, 6) is -0.103. The lowest BCUT2D eigenvalue weighted by Crippen LogP contribution is -2.28. The van der Waals surface area contributed by atoms with Gasteiger partial charge >= 0.3 is 0 Å². The molecule has 1 aromatic heterocycles. The summed E-state index contributed by atoms with van der Waals surface area (Å²) < 4.78 is 0. The van der Waals surface area contributed by atoms with E-state index >= 15 is 0 Å². The first kappa shape index (κ1) is 15.3. The van der Waals surface area contributed by atoms with Crippen LogP contribution in [0.5, 0.6) is 0 Å². The normalized spacial score (nSPS) is 12.2. The maximum absolute atomic E-state index is 12.6. The van der Waals surface area contributed by atoms with Crippen LogP contribution in [0.2, 0.25) is 0 Å². The number of carbonyl (C=O) groups is 1. The van der Waals surface area contributed by atoms with E-state index in [-0.39, 0.29) is 18.6 Å². The largest absolute Gasteiger partial charge is 0.396 e. The number of hydrogen-bond acceptors (Lipinski definition) is 2. The molecule has 4 heteroatoms. The van der Waals surface area contributed by atoms with Crippen LogP contribution in [-0.2, 0) is 0 Å². The van der Waals surface area contributed by atoms with E-state index in [1.165, 1.54) is 0 Å². The molecular weight excluding hydrogens is 288 g/mol. The molecule has 0 unspecified atom stereocenters. The highest BCUT2D eigenvalue weighted by atomic mass is 16.3. The Labute approximate surface area is 135 Å². The third kappa shape index (κ3) is 3.60. The summed E-state index contributed by atoms with van der Waals surface area (Å²) in [4.78, 5) is 15.7. The molecule has 0 aliphatic heterocycles. The van der Waals surface area contributed by atoms with Crippen molar-refractivity contribution in [2.45, 2.75) is 18.9 Å². The topological polar surface area (TPSA) is 65.1 Å². The van der Waals surface area contributed by atoms with Gasteiger partial charge in [0.2, 0.25) is 0 Å². The monoisotopic (exact) mass is 308 g/mol. The third-order valence-electron chi connectivity index (χ3n) is 3.98. The molecule has 23 heavy (non-hydrogen) atoms. The van der Waals surface area contributed by atoms with E-state index in [9.17, 15) is 4.79 Å². The molecule has 3 N–H and O–H groups in total. The van der Waals surface area contributed by atoms with Crippen LogP contribution in [0.3, 0.4) is 0 Å². The summed E-state index contributed by atoms with van der Waals surface area (Å²) in [6.45, 7) is 0.119. The van der Waals surface area contributed by atoms with Gasteiger partial charge in [0.1, 0.15) is 0 Å². The average molecular weight is 308 g/mol. The van der Waals surface area contributed by atoms with E-state index in [4.69, 9.17) is 5.11 Å². The second kappa shape index (κ2) is 7.11. The van der Waals surface area contributed by atoms with Crippen molar-refractivity contribution >= 4 is 16.8 Å². The van der Waals surface area contributed by atoms with Gasteiger partial charge in [0.15, 0.2) is 0 Å². The third-order valence-corrected chi connectivity index (χ3v) is 3.98. The van der Waals surface area contributed by atoms with Crippen LogP contribution in [-0.4, -0.2) is 22.6 Å². The maximum Gasteiger partial charge on any atom is 0.251 e. The van der Waals surface area contributed by atoms with Gasteiger partial charge in [0.05, 0.1) is 6.04 Å². The Morgan fingerprint density at radius 2 is 1.96 bits per heavy atom. The number of carbonyl (C=O) groups excluding carboxylic acids is 1. The molecule has 0 saturated carbocycles. The van der Waals surface area contributed by atoms with Crippen molar-refractivity contribution < 1.29 is 9.90 Å². The van der Waals surface area contributed by atoms with Crippen LogP contribution < -0.4 is 5.32 Å². The van der Waals surface area contributed by atoms with Gasteiger partial charge in [0.25, 0.3) is 5.91 Å². The van der Waals surface area contributed by atoms with Crippen molar-refractivity contribution in [1.29, 1.82) is 0 Å². The SMILES string of the molecule is O=C(N[C@@H](CCCO)c1ccccc1)c1ccc2cc[nH]c2c1. The first-order valence-corrected chi connectivity index (χ1v) is 7.82. The molecule has 3 aromatic rings. The van der Waals surface area contributed by atoms with Crippen LogP contribution in [0.25, 0.3) is 10.9 Å². The molecule has 1 atom stereocenters. The summed E-state index contributed by atoms with van der Waals surface area (Å²) in [5, 5.41) is 13.3. The molecule has 4 nitrogen and oxygen atoms in total. The van der Waals surface area contributed by atoms with Crippen LogP contribution in [0.1, 0.15) is 34.8 Å². The molecule has 2 aromatic carbocycles. The highest BCUT2D eigenvalue weighted by molar-refractivity contribution is 5.98. The molecule has 3 rings (SSSR count). The Morgan fingerprint density at radius 1 is 1.13 bits per heavy atom. The molecule has 0 saturated heterocycles. The number of H-pyrrole nitrogens is 1. The Balaban J connectivity index is 1.79. The zero-order chi connectivity index (χ0) is 16.1. The number of rotatable bonds is 6. The molecular formula is C19H20N2O2. The average Bonchev–Trinajstić information content (AvgIpc) is 3.06. The van der Waals surface area contributed by atoms with E-state index in [1.54, 1.807) is 0 Å². The highest BCUT2D eigenvalue weighted by Gasteiger charge is 2.15. The second-order valence-corrected chi connectivity index (χ2v) is 5.58. The lowest BCUT2D eigenvalue weighted by Gasteiger charge is -2.19. The predicted molar refractivity (Wildman–Crippen MR) is 91.3 cm³/mol. The Hall–Kier alpha value is -2.59. The standard InChI is InChI=1S/C19H20N2O2/c22-12-4-7-17(14-5-2-1-3-6-14)21-19(23)16-9-8-15-10-11-20-18(15)13-16/h1-3,5-6,8-11,13,17,20,22H,4,7,12H2,(H,21,23)/t17-/m0/s1. The molecule has 0 radical (unpaired) electrons. The van der Waals surface area contributed by atoms with Crippen molar-refractivity contribution in [1.82, 2.24) is 10.3 Å². The fourth-order valence-corrected chi connectivity index (χ4v) is 2.73. The van der Waals surface area contributed by atoms with Crippen LogP contribution in [0.4, 0.5) is 0 Å². The fraction of sp³-hybridized carbons (Fsp3) is 0.211. The molecule has 0 aliphatic carbocycles. The predicted octanol–water partition coefficient (Wildman–Crippen LogP) is 3.41. The lowest BCUT2D eigenvalue weighted by molar-refractivity contribution is 0.0932. The van der Waals surface area contributed by atoms with Crippen molar-refractivity contribution in [3.63, 3.8) is 0 Å². The minimum atomic E-state index is -0.103. The Kier molecular flexibility index (Phi) is 4.74. The van der Waals surface area contributed by atoms with E-state index in [0.717, 1.165) is 16.5 Å². The summed E-state index contributed by atoms with van der Waals surface area (Å²) in [5.41, 5.74) is 2.63. The molecule has 0 bridgehead atoms. The number of benzene rings is 2. The number of aliphatic hydroxyl groups excluding tert-OH is 1. The molecule has 0 aliphatic rings. The number of hydrogen-bond donors (Lipinski definition) is 3. The lowest BCUT2D eigenvalue weighted by atomic mass is 10.0. The Bertz CT molecular complexity index is 780. The van der Waals surface area contributed by atoms with Crippen molar-refractivity contribution in [3.8, 4) is 0 Å². The van der Waals surface area contributed by atoms with Gasteiger partial charge < -0.3 is 15.4 Å². The number of fused-ring (bicyclic) bond motifs is 1. The molecule has 118 valence electrons. The number of amides is 1. The minimum absolute atomic E-state index is 0.102. The zero-order valence-corrected chi connectivity index (χ0v) is 12.8. The van der Waals surface area contributed by atoms with E-state index in [0.29, 0.717) is 18.4 Å². The number of aromatic nitrogens is 1.